The summed E-state index contributed by atoms with van der Waals surface area (Å²) in [5, 5.41) is 1.23. The predicted octanol–water partition coefficient (Wildman–Crippen LogP) is 2.09. The van der Waals surface area contributed by atoms with E-state index in [0.717, 1.165) is 12.2 Å². The van der Waals surface area contributed by atoms with Crippen LogP contribution in [0.4, 0.5) is 0 Å². The van der Waals surface area contributed by atoms with Crippen molar-refractivity contribution in [3.63, 3.8) is 0 Å². The van der Waals surface area contributed by atoms with Gasteiger partial charge < -0.3 is 15.0 Å². The molecule has 2 rings (SSSR count). The number of aromatic nitrogens is 1. The van der Waals surface area contributed by atoms with E-state index in [1.165, 1.54) is 10.9 Å². The van der Waals surface area contributed by atoms with E-state index in [9.17, 15) is 0 Å². The van der Waals surface area contributed by atoms with Gasteiger partial charge in [0.25, 0.3) is 0 Å². The summed E-state index contributed by atoms with van der Waals surface area (Å²) in [6, 6.07) is 8.37. The van der Waals surface area contributed by atoms with Crippen LogP contribution >= 0.6 is 0 Å². The first-order chi connectivity index (χ1) is 7.35. The highest BCUT2D eigenvalue weighted by Crippen LogP contribution is 2.17. The summed E-state index contributed by atoms with van der Waals surface area (Å²) in [5.41, 5.74) is 7.96. The monoisotopic (exact) mass is 204 g/mol. The quantitative estimate of drug-likeness (QED) is 0.828. The molecule has 80 valence electrons. The van der Waals surface area contributed by atoms with Gasteiger partial charge in [-0.2, -0.15) is 0 Å². The zero-order valence-corrected chi connectivity index (χ0v) is 8.94. The van der Waals surface area contributed by atoms with Gasteiger partial charge in [0.05, 0.1) is 5.52 Å². The molecular formula is C12H16N2O. The van der Waals surface area contributed by atoms with Crippen molar-refractivity contribution < 1.29 is 4.74 Å². The second-order valence-electron chi connectivity index (χ2n) is 3.50. The predicted molar refractivity (Wildman–Crippen MR) is 61.5 cm³/mol. The third-order valence-electron chi connectivity index (χ3n) is 2.51. The first-order valence-corrected chi connectivity index (χ1v) is 5.20. The van der Waals surface area contributed by atoms with Crippen LogP contribution < -0.4 is 5.73 Å². The maximum absolute atomic E-state index is 5.62. The van der Waals surface area contributed by atoms with Gasteiger partial charge in [0.1, 0.15) is 6.73 Å². The van der Waals surface area contributed by atoms with Crippen molar-refractivity contribution in [2.24, 2.45) is 5.73 Å². The highest BCUT2D eigenvalue weighted by atomic mass is 16.5. The summed E-state index contributed by atoms with van der Waals surface area (Å²) in [7, 11) is 0. The van der Waals surface area contributed by atoms with Crippen LogP contribution in [0.2, 0.25) is 0 Å². The third kappa shape index (κ3) is 2.03. The van der Waals surface area contributed by atoms with Gasteiger partial charge in [0.15, 0.2) is 0 Å². The van der Waals surface area contributed by atoms with Crippen LogP contribution in [0, 0.1) is 0 Å². The molecule has 2 aromatic rings. The van der Waals surface area contributed by atoms with E-state index in [4.69, 9.17) is 10.5 Å². The van der Waals surface area contributed by atoms with Gasteiger partial charge in [0.2, 0.25) is 0 Å². The van der Waals surface area contributed by atoms with Crippen molar-refractivity contribution in [1.29, 1.82) is 0 Å². The largest absolute Gasteiger partial charge is 0.361 e. The lowest BCUT2D eigenvalue weighted by Gasteiger charge is -2.06. The Hall–Kier alpha value is -1.32. The lowest BCUT2D eigenvalue weighted by Crippen LogP contribution is -2.01. The molecule has 0 amide bonds. The Morgan fingerprint density at radius 2 is 2.20 bits per heavy atom. The van der Waals surface area contributed by atoms with Crippen LogP contribution in [0.3, 0.4) is 0 Å². The van der Waals surface area contributed by atoms with E-state index in [-0.39, 0.29) is 0 Å². The minimum atomic E-state index is 0.579. The molecule has 0 atom stereocenters. The number of hydrogen-bond donors (Lipinski definition) is 1. The van der Waals surface area contributed by atoms with Crippen LogP contribution in [0.1, 0.15) is 12.5 Å². The lowest BCUT2D eigenvalue weighted by molar-refractivity contribution is 0.0909. The molecule has 0 saturated carbocycles. The third-order valence-corrected chi connectivity index (χ3v) is 2.51. The lowest BCUT2D eigenvalue weighted by atomic mass is 10.2. The maximum atomic E-state index is 5.62. The standard InChI is InChI=1S/C12H16N2O/c1-2-15-9-14-6-5-11-4-3-10(8-13)7-12(11)14/h3-7H,2,8-9,13H2,1H3. The van der Waals surface area contributed by atoms with Crippen molar-refractivity contribution >= 4 is 10.9 Å². The molecule has 15 heavy (non-hydrogen) atoms. The zero-order valence-electron chi connectivity index (χ0n) is 8.94. The zero-order chi connectivity index (χ0) is 10.7. The summed E-state index contributed by atoms with van der Waals surface area (Å²) < 4.78 is 7.49. The van der Waals surface area contributed by atoms with Gasteiger partial charge in [-0.3, -0.25) is 0 Å². The molecule has 0 radical (unpaired) electrons. The second-order valence-corrected chi connectivity index (χ2v) is 3.50. The summed E-state index contributed by atoms with van der Waals surface area (Å²) >= 11 is 0. The molecule has 3 heteroatoms. The molecule has 0 bridgehead atoms. The first kappa shape index (κ1) is 10.2. The first-order valence-electron chi connectivity index (χ1n) is 5.20. The Kier molecular flexibility index (Phi) is 3.04. The highest BCUT2D eigenvalue weighted by Gasteiger charge is 2.01. The topological polar surface area (TPSA) is 40.2 Å². The van der Waals surface area contributed by atoms with Gasteiger partial charge in [-0.1, -0.05) is 12.1 Å². The number of hydrogen-bond acceptors (Lipinski definition) is 2. The molecule has 0 spiro atoms. The fourth-order valence-electron chi connectivity index (χ4n) is 1.66. The average Bonchev–Trinajstić information content (AvgIpc) is 2.68. The molecule has 1 heterocycles. The molecule has 0 aliphatic heterocycles. The van der Waals surface area contributed by atoms with E-state index < -0.39 is 0 Å². The molecule has 1 aromatic carbocycles. The van der Waals surface area contributed by atoms with E-state index in [0.29, 0.717) is 13.3 Å². The van der Waals surface area contributed by atoms with E-state index in [1.54, 1.807) is 0 Å². The second kappa shape index (κ2) is 4.47. The molecule has 0 aliphatic rings. The molecule has 0 unspecified atom stereocenters. The summed E-state index contributed by atoms with van der Waals surface area (Å²) in [6.07, 6.45) is 2.04. The Balaban J connectivity index is 2.38. The van der Waals surface area contributed by atoms with Gasteiger partial charge >= 0.3 is 0 Å². The number of fused-ring (bicyclic) bond motifs is 1. The Morgan fingerprint density at radius 3 is 2.93 bits per heavy atom. The van der Waals surface area contributed by atoms with Crippen LogP contribution in [-0.4, -0.2) is 11.2 Å². The molecule has 1 aromatic heterocycles. The number of nitrogens with zero attached hydrogens (tertiary/aromatic N) is 1. The average molecular weight is 204 g/mol. The molecule has 0 saturated heterocycles. The van der Waals surface area contributed by atoms with Crippen LogP contribution in [0.15, 0.2) is 30.5 Å². The number of rotatable bonds is 4. The highest BCUT2D eigenvalue weighted by molar-refractivity contribution is 5.80. The van der Waals surface area contributed by atoms with Gasteiger partial charge in [0, 0.05) is 19.3 Å². The van der Waals surface area contributed by atoms with Gasteiger partial charge in [-0.25, -0.2) is 0 Å². The molecular weight excluding hydrogens is 188 g/mol. The van der Waals surface area contributed by atoms with Gasteiger partial charge in [-0.15, -0.1) is 0 Å². The van der Waals surface area contributed by atoms with Crippen molar-refractivity contribution in [2.45, 2.75) is 20.2 Å². The molecule has 0 aliphatic carbocycles. The van der Waals surface area contributed by atoms with Crippen LogP contribution in [-0.2, 0) is 18.0 Å². The van der Waals surface area contributed by atoms with Crippen molar-refractivity contribution in [3.8, 4) is 0 Å². The number of ether oxygens (including phenoxy) is 1. The minimum absolute atomic E-state index is 0.579. The SMILES string of the molecule is CCOCn1ccc2ccc(CN)cc21. The van der Waals surface area contributed by atoms with E-state index >= 15 is 0 Å². The summed E-state index contributed by atoms with van der Waals surface area (Å²) in [4.78, 5) is 0. The molecule has 3 nitrogen and oxygen atoms in total. The molecule has 0 fully saturated rings. The fourth-order valence-corrected chi connectivity index (χ4v) is 1.66. The van der Waals surface area contributed by atoms with Crippen LogP contribution in [0.5, 0.6) is 0 Å². The number of benzene rings is 1. The minimum Gasteiger partial charge on any atom is -0.361 e. The van der Waals surface area contributed by atoms with Crippen LogP contribution in [0.25, 0.3) is 10.9 Å². The maximum Gasteiger partial charge on any atom is 0.122 e. The summed E-state index contributed by atoms with van der Waals surface area (Å²) in [6.45, 7) is 3.91. The fraction of sp³-hybridized carbons (Fsp3) is 0.333. The smallest absolute Gasteiger partial charge is 0.122 e. The van der Waals surface area contributed by atoms with E-state index in [1.807, 2.05) is 13.1 Å². The van der Waals surface area contributed by atoms with Crippen molar-refractivity contribution in [3.05, 3.63) is 36.0 Å². The molecule has 2 N–H and O–H groups in total. The van der Waals surface area contributed by atoms with Crippen molar-refractivity contribution in [1.82, 2.24) is 4.57 Å². The Labute approximate surface area is 89.4 Å². The summed E-state index contributed by atoms with van der Waals surface area (Å²) in [5.74, 6) is 0. The normalized spacial score (nSPS) is 11.1. The number of nitrogens with two attached hydrogens (primary N) is 1. The van der Waals surface area contributed by atoms with E-state index in [2.05, 4.69) is 28.8 Å². The van der Waals surface area contributed by atoms with Gasteiger partial charge in [-0.05, 0) is 30.0 Å². The Morgan fingerprint density at radius 1 is 1.33 bits per heavy atom. The Bertz CT molecular complexity index is 448. The van der Waals surface area contributed by atoms with Crippen molar-refractivity contribution in [2.75, 3.05) is 6.61 Å².